The van der Waals surface area contributed by atoms with Gasteiger partial charge in [0.25, 0.3) is 0 Å². The number of rotatable bonds is 3. The number of nitrogens with one attached hydrogen (secondary N) is 1. The zero-order valence-electron chi connectivity index (χ0n) is 14.7. The second kappa shape index (κ2) is 7.09. The summed E-state index contributed by atoms with van der Waals surface area (Å²) in [5.74, 6) is 0. The molecule has 0 amide bonds. The van der Waals surface area contributed by atoms with Gasteiger partial charge in [0.05, 0.1) is 22.8 Å². The molecular formula is C20H21N5O. The molecule has 0 aliphatic carbocycles. The fourth-order valence-corrected chi connectivity index (χ4v) is 3.14. The van der Waals surface area contributed by atoms with E-state index in [9.17, 15) is 4.79 Å². The molecule has 1 N–H and O–H groups in total. The second-order valence-electron chi connectivity index (χ2n) is 6.54. The number of piperazine rings is 1. The maximum absolute atomic E-state index is 11.8. The third kappa shape index (κ3) is 3.50. The van der Waals surface area contributed by atoms with Gasteiger partial charge in [-0.1, -0.05) is 6.07 Å². The Bertz CT molecular complexity index is 946. The molecule has 1 aliphatic heterocycles. The number of anilines is 1. The molecule has 0 aromatic carbocycles. The molecule has 4 heterocycles. The highest BCUT2D eigenvalue weighted by molar-refractivity contribution is 5.69. The highest BCUT2D eigenvalue weighted by atomic mass is 16.1. The van der Waals surface area contributed by atoms with E-state index in [0.29, 0.717) is 5.69 Å². The van der Waals surface area contributed by atoms with E-state index in [4.69, 9.17) is 4.98 Å². The van der Waals surface area contributed by atoms with Crippen molar-refractivity contribution >= 4 is 5.69 Å². The van der Waals surface area contributed by atoms with Gasteiger partial charge in [0, 0.05) is 56.4 Å². The van der Waals surface area contributed by atoms with E-state index < -0.39 is 0 Å². The largest absolute Gasteiger partial charge is 0.369 e. The fraction of sp³-hybridized carbons (Fsp3) is 0.250. The van der Waals surface area contributed by atoms with Gasteiger partial charge in [-0.05, 0) is 31.3 Å². The van der Waals surface area contributed by atoms with Gasteiger partial charge in [-0.3, -0.25) is 9.78 Å². The highest BCUT2D eigenvalue weighted by Gasteiger charge is 2.17. The molecule has 0 bridgehead atoms. The van der Waals surface area contributed by atoms with Gasteiger partial charge in [0.2, 0.25) is 0 Å². The van der Waals surface area contributed by atoms with Crippen LogP contribution < -0.4 is 10.3 Å². The second-order valence-corrected chi connectivity index (χ2v) is 6.54. The number of hydrogen-bond donors (Lipinski definition) is 1. The zero-order valence-corrected chi connectivity index (χ0v) is 14.7. The van der Waals surface area contributed by atoms with Crippen molar-refractivity contribution in [2.75, 3.05) is 38.1 Å². The molecule has 132 valence electrons. The van der Waals surface area contributed by atoms with Gasteiger partial charge >= 0.3 is 0 Å². The normalized spacial score (nSPS) is 15.2. The minimum atomic E-state index is -0.0371. The van der Waals surface area contributed by atoms with E-state index in [1.54, 1.807) is 18.5 Å². The van der Waals surface area contributed by atoms with Crippen molar-refractivity contribution in [3.63, 3.8) is 0 Å². The van der Waals surface area contributed by atoms with E-state index in [2.05, 4.69) is 32.9 Å². The molecule has 1 saturated heterocycles. The molecular weight excluding hydrogens is 326 g/mol. The lowest BCUT2D eigenvalue weighted by molar-refractivity contribution is 0.313. The Morgan fingerprint density at radius 1 is 0.962 bits per heavy atom. The molecule has 3 aromatic heterocycles. The summed E-state index contributed by atoms with van der Waals surface area (Å²) in [5, 5.41) is 0. The zero-order chi connectivity index (χ0) is 17.9. The van der Waals surface area contributed by atoms with E-state index in [1.165, 1.54) is 6.07 Å². The predicted octanol–water partition coefficient (Wildman–Crippen LogP) is 2.25. The Morgan fingerprint density at radius 3 is 2.50 bits per heavy atom. The van der Waals surface area contributed by atoms with Gasteiger partial charge in [-0.2, -0.15) is 0 Å². The average Bonchev–Trinajstić information content (AvgIpc) is 2.69. The standard InChI is InChI=1S/C20H21N5O/c1-24-8-10-25(11-9-24)15-12-19(17-4-2-3-6-21-17)23-20(13-15)18-14-16(26)5-7-22-18/h2-7,12-14H,8-11H2,1H3,(H,22,26). The predicted molar refractivity (Wildman–Crippen MR) is 103 cm³/mol. The summed E-state index contributed by atoms with van der Waals surface area (Å²) >= 11 is 0. The molecule has 0 spiro atoms. The maximum Gasteiger partial charge on any atom is 0.182 e. The van der Waals surface area contributed by atoms with Crippen molar-refractivity contribution < 1.29 is 0 Å². The number of aromatic amines is 1. The Hall–Kier alpha value is -2.99. The van der Waals surface area contributed by atoms with Crippen molar-refractivity contribution in [2.24, 2.45) is 0 Å². The fourth-order valence-electron chi connectivity index (χ4n) is 3.14. The number of nitrogens with zero attached hydrogens (tertiary/aromatic N) is 4. The van der Waals surface area contributed by atoms with Crippen molar-refractivity contribution in [3.05, 3.63) is 65.1 Å². The molecule has 0 radical (unpaired) electrons. The van der Waals surface area contributed by atoms with Gasteiger partial charge in [-0.25, -0.2) is 4.98 Å². The first-order chi connectivity index (χ1) is 12.7. The molecule has 6 nitrogen and oxygen atoms in total. The number of H-pyrrole nitrogens is 1. The van der Waals surface area contributed by atoms with Crippen LogP contribution in [0, 0.1) is 0 Å². The Morgan fingerprint density at radius 2 is 1.77 bits per heavy atom. The topological polar surface area (TPSA) is 65.1 Å². The summed E-state index contributed by atoms with van der Waals surface area (Å²) in [5.41, 5.74) is 4.16. The van der Waals surface area contributed by atoms with Crippen LogP contribution in [0.1, 0.15) is 0 Å². The van der Waals surface area contributed by atoms with Crippen molar-refractivity contribution in [1.82, 2.24) is 19.9 Å². The minimum Gasteiger partial charge on any atom is -0.369 e. The van der Waals surface area contributed by atoms with Crippen LogP contribution in [0.2, 0.25) is 0 Å². The maximum atomic E-state index is 11.8. The Kier molecular flexibility index (Phi) is 4.50. The Balaban J connectivity index is 1.81. The summed E-state index contributed by atoms with van der Waals surface area (Å²) in [4.78, 5) is 28.8. The molecule has 0 atom stereocenters. The molecule has 0 saturated carbocycles. The lowest BCUT2D eigenvalue weighted by atomic mass is 10.1. The van der Waals surface area contributed by atoms with Crippen LogP contribution in [0.15, 0.2) is 59.7 Å². The SMILES string of the molecule is CN1CCN(c2cc(-c3ccccn3)nc(-c3cc(=O)cc[nH]3)c2)CC1. The first-order valence-corrected chi connectivity index (χ1v) is 8.75. The quantitative estimate of drug-likeness (QED) is 0.787. The van der Waals surface area contributed by atoms with Crippen LogP contribution >= 0.6 is 0 Å². The van der Waals surface area contributed by atoms with E-state index in [1.807, 2.05) is 24.3 Å². The minimum absolute atomic E-state index is 0.0371. The number of hydrogen-bond acceptors (Lipinski definition) is 5. The summed E-state index contributed by atoms with van der Waals surface area (Å²) in [6.45, 7) is 3.98. The van der Waals surface area contributed by atoms with E-state index in [-0.39, 0.29) is 5.43 Å². The molecule has 1 fully saturated rings. The molecule has 6 heteroatoms. The van der Waals surface area contributed by atoms with Gasteiger partial charge in [0.15, 0.2) is 5.43 Å². The summed E-state index contributed by atoms with van der Waals surface area (Å²) in [7, 11) is 2.14. The van der Waals surface area contributed by atoms with Gasteiger partial charge < -0.3 is 14.8 Å². The van der Waals surface area contributed by atoms with Crippen LogP contribution in [0.3, 0.4) is 0 Å². The number of likely N-dealkylation sites (N-methyl/N-ethyl adjacent to an activating group) is 1. The first kappa shape index (κ1) is 16.5. The Labute approximate surface area is 152 Å². The average molecular weight is 347 g/mol. The first-order valence-electron chi connectivity index (χ1n) is 8.75. The van der Waals surface area contributed by atoms with Crippen molar-refractivity contribution in [1.29, 1.82) is 0 Å². The number of pyridine rings is 3. The van der Waals surface area contributed by atoms with Crippen LogP contribution in [-0.4, -0.2) is 53.1 Å². The van der Waals surface area contributed by atoms with E-state index >= 15 is 0 Å². The van der Waals surface area contributed by atoms with Crippen LogP contribution in [0.5, 0.6) is 0 Å². The van der Waals surface area contributed by atoms with Crippen molar-refractivity contribution in [3.8, 4) is 22.8 Å². The molecule has 0 unspecified atom stereocenters. The van der Waals surface area contributed by atoms with Crippen LogP contribution in [-0.2, 0) is 0 Å². The number of aromatic nitrogens is 3. The van der Waals surface area contributed by atoms with Crippen molar-refractivity contribution in [2.45, 2.75) is 0 Å². The molecule has 3 aromatic rings. The third-order valence-electron chi connectivity index (χ3n) is 4.65. The smallest absolute Gasteiger partial charge is 0.182 e. The monoisotopic (exact) mass is 347 g/mol. The lowest BCUT2D eigenvalue weighted by Crippen LogP contribution is -2.44. The summed E-state index contributed by atoms with van der Waals surface area (Å²) in [6.07, 6.45) is 3.42. The summed E-state index contributed by atoms with van der Waals surface area (Å²) in [6, 6.07) is 13.0. The lowest BCUT2D eigenvalue weighted by Gasteiger charge is -2.34. The van der Waals surface area contributed by atoms with E-state index in [0.717, 1.165) is 48.9 Å². The van der Waals surface area contributed by atoms with Crippen LogP contribution in [0.25, 0.3) is 22.8 Å². The summed E-state index contributed by atoms with van der Waals surface area (Å²) < 4.78 is 0. The van der Waals surface area contributed by atoms with Gasteiger partial charge in [-0.15, -0.1) is 0 Å². The molecule has 4 rings (SSSR count). The van der Waals surface area contributed by atoms with Gasteiger partial charge in [0.1, 0.15) is 0 Å². The third-order valence-corrected chi connectivity index (χ3v) is 4.65. The van der Waals surface area contributed by atoms with Crippen LogP contribution in [0.4, 0.5) is 5.69 Å². The molecule has 1 aliphatic rings. The molecule has 26 heavy (non-hydrogen) atoms. The highest BCUT2D eigenvalue weighted by Crippen LogP contribution is 2.27.